The van der Waals surface area contributed by atoms with Crippen LogP contribution in [0.4, 0.5) is 0 Å². The summed E-state index contributed by atoms with van der Waals surface area (Å²) in [6.07, 6.45) is 2.28. The Morgan fingerprint density at radius 1 is 1.41 bits per heavy atom. The van der Waals surface area contributed by atoms with Crippen molar-refractivity contribution in [3.05, 3.63) is 29.3 Å². The third-order valence-electron chi connectivity index (χ3n) is 3.64. The molecule has 1 atom stereocenters. The molecule has 2 nitrogen and oxygen atoms in total. The molecule has 0 bridgehead atoms. The summed E-state index contributed by atoms with van der Waals surface area (Å²) in [7, 11) is 0. The third kappa shape index (κ3) is 2.31. The molecule has 2 aliphatic heterocycles. The van der Waals surface area contributed by atoms with Gasteiger partial charge < -0.3 is 10.1 Å². The van der Waals surface area contributed by atoms with Gasteiger partial charge in [-0.1, -0.05) is 12.1 Å². The monoisotopic (exact) mass is 249 g/mol. The number of hydrogen-bond acceptors (Lipinski definition) is 3. The van der Waals surface area contributed by atoms with Crippen molar-refractivity contribution in [1.82, 2.24) is 5.32 Å². The van der Waals surface area contributed by atoms with E-state index in [2.05, 4.69) is 30.4 Å². The van der Waals surface area contributed by atoms with Crippen LogP contribution in [-0.4, -0.2) is 23.7 Å². The van der Waals surface area contributed by atoms with Gasteiger partial charge in [0.1, 0.15) is 11.4 Å². The molecule has 1 saturated heterocycles. The van der Waals surface area contributed by atoms with Crippen LogP contribution < -0.4 is 10.1 Å². The maximum atomic E-state index is 6.30. The summed E-state index contributed by atoms with van der Waals surface area (Å²) in [5, 5.41) is 3.43. The second-order valence-electron chi connectivity index (χ2n) is 5.18. The first kappa shape index (κ1) is 11.4. The van der Waals surface area contributed by atoms with Crippen molar-refractivity contribution in [3.63, 3.8) is 0 Å². The first-order valence-electron chi connectivity index (χ1n) is 6.35. The normalized spacial score (nSPS) is 27.8. The zero-order chi connectivity index (χ0) is 11.7. The highest BCUT2D eigenvalue weighted by Gasteiger charge is 2.32. The largest absolute Gasteiger partial charge is 0.486 e. The van der Waals surface area contributed by atoms with Crippen LogP contribution in [0.2, 0.25) is 0 Å². The Bertz CT molecular complexity index is 413. The van der Waals surface area contributed by atoms with Crippen molar-refractivity contribution in [2.45, 2.75) is 31.9 Å². The molecule has 1 aromatic carbocycles. The highest BCUT2D eigenvalue weighted by atomic mass is 32.2. The molecule has 3 heteroatoms. The number of thioether (sulfide) groups is 1. The summed E-state index contributed by atoms with van der Waals surface area (Å²) < 4.78 is 6.30. The number of ether oxygens (including phenoxy) is 1. The second kappa shape index (κ2) is 4.54. The first-order valence-corrected chi connectivity index (χ1v) is 7.51. The van der Waals surface area contributed by atoms with E-state index in [1.54, 1.807) is 0 Å². The number of nitrogens with one attached hydrogen (secondary N) is 1. The number of hydrogen-bond donors (Lipinski definition) is 1. The van der Waals surface area contributed by atoms with Crippen LogP contribution in [-0.2, 0) is 13.0 Å². The van der Waals surface area contributed by atoms with E-state index in [4.69, 9.17) is 4.74 Å². The number of fused-ring (bicyclic) bond motifs is 1. The Hall–Kier alpha value is -0.670. The lowest BCUT2D eigenvalue weighted by Gasteiger charge is -2.28. The molecule has 1 aromatic rings. The first-order chi connectivity index (χ1) is 8.27. The van der Waals surface area contributed by atoms with E-state index in [9.17, 15) is 0 Å². The molecule has 0 amide bonds. The van der Waals surface area contributed by atoms with Gasteiger partial charge >= 0.3 is 0 Å². The minimum Gasteiger partial charge on any atom is -0.486 e. The lowest BCUT2D eigenvalue weighted by molar-refractivity contribution is 0.116. The average molecular weight is 249 g/mol. The van der Waals surface area contributed by atoms with Gasteiger partial charge in [0.2, 0.25) is 0 Å². The quantitative estimate of drug-likeness (QED) is 0.870. The molecule has 1 N–H and O–H groups in total. The van der Waals surface area contributed by atoms with Crippen LogP contribution in [0, 0.1) is 0 Å². The molecular formula is C14H19NOS. The van der Waals surface area contributed by atoms with Gasteiger partial charge in [-0.3, -0.25) is 0 Å². The molecule has 0 saturated carbocycles. The van der Waals surface area contributed by atoms with Crippen LogP contribution >= 0.6 is 11.8 Å². The van der Waals surface area contributed by atoms with Gasteiger partial charge in [0.15, 0.2) is 0 Å². The maximum Gasteiger partial charge on any atom is 0.124 e. The number of benzene rings is 1. The van der Waals surface area contributed by atoms with E-state index < -0.39 is 0 Å². The summed E-state index contributed by atoms with van der Waals surface area (Å²) in [6.45, 7) is 4.28. The van der Waals surface area contributed by atoms with Crippen molar-refractivity contribution in [2.75, 3.05) is 18.1 Å². The molecule has 2 aliphatic rings. The fraction of sp³-hybridized carbons (Fsp3) is 0.571. The van der Waals surface area contributed by atoms with Gasteiger partial charge in [-0.2, -0.15) is 11.8 Å². The topological polar surface area (TPSA) is 21.3 Å². The van der Waals surface area contributed by atoms with Gasteiger partial charge in [-0.05, 0) is 43.7 Å². The van der Waals surface area contributed by atoms with E-state index in [0.717, 1.165) is 37.4 Å². The van der Waals surface area contributed by atoms with Crippen molar-refractivity contribution in [3.8, 4) is 5.75 Å². The van der Waals surface area contributed by atoms with Crippen molar-refractivity contribution >= 4 is 11.8 Å². The van der Waals surface area contributed by atoms with Crippen LogP contribution in [0.5, 0.6) is 5.75 Å². The third-order valence-corrected chi connectivity index (χ3v) is 4.95. The van der Waals surface area contributed by atoms with Crippen molar-refractivity contribution in [2.24, 2.45) is 0 Å². The molecule has 0 radical (unpaired) electrons. The molecule has 17 heavy (non-hydrogen) atoms. The molecule has 1 fully saturated rings. The Morgan fingerprint density at radius 3 is 3.18 bits per heavy atom. The van der Waals surface area contributed by atoms with Gasteiger partial charge in [0.05, 0.1) is 0 Å². The highest BCUT2D eigenvalue weighted by molar-refractivity contribution is 7.99. The lowest BCUT2D eigenvalue weighted by atomic mass is 9.99. The van der Waals surface area contributed by atoms with E-state index in [1.807, 2.05) is 11.8 Å². The van der Waals surface area contributed by atoms with Gasteiger partial charge in [-0.25, -0.2) is 0 Å². The zero-order valence-corrected chi connectivity index (χ0v) is 11.1. The van der Waals surface area contributed by atoms with Crippen molar-refractivity contribution in [1.29, 1.82) is 0 Å². The molecule has 2 heterocycles. The molecule has 0 aromatic heterocycles. The second-order valence-corrected chi connectivity index (χ2v) is 6.28. The summed E-state index contributed by atoms with van der Waals surface area (Å²) in [5.74, 6) is 3.44. The molecular weight excluding hydrogens is 230 g/mol. The fourth-order valence-corrected chi connectivity index (χ4v) is 3.93. The average Bonchev–Trinajstić information content (AvgIpc) is 2.76. The van der Waals surface area contributed by atoms with Gasteiger partial charge in [0.25, 0.3) is 0 Å². The molecule has 92 valence electrons. The van der Waals surface area contributed by atoms with Gasteiger partial charge in [0, 0.05) is 17.9 Å². The van der Waals surface area contributed by atoms with Crippen molar-refractivity contribution < 1.29 is 4.74 Å². The maximum absolute atomic E-state index is 6.30. The smallest absolute Gasteiger partial charge is 0.124 e. The van der Waals surface area contributed by atoms with Crippen LogP contribution in [0.3, 0.4) is 0 Å². The molecule has 1 unspecified atom stereocenters. The zero-order valence-electron chi connectivity index (χ0n) is 10.3. The summed E-state index contributed by atoms with van der Waals surface area (Å²) >= 11 is 2.00. The molecule has 3 rings (SSSR count). The van der Waals surface area contributed by atoms with Crippen LogP contribution in [0.15, 0.2) is 18.2 Å². The molecule has 0 spiro atoms. The minimum atomic E-state index is 0.0389. The fourth-order valence-electron chi connectivity index (χ4n) is 2.57. The van der Waals surface area contributed by atoms with E-state index in [1.165, 1.54) is 16.9 Å². The number of rotatable bonds is 2. The van der Waals surface area contributed by atoms with E-state index in [0.29, 0.717) is 0 Å². The van der Waals surface area contributed by atoms with Crippen LogP contribution in [0.1, 0.15) is 24.5 Å². The van der Waals surface area contributed by atoms with E-state index in [-0.39, 0.29) is 5.60 Å². The SMILES string of the molecule is CC1(Oc2cccc3c2CNCC3)CCSC1. The van der Waals surface area contributed by atoms with Crippen LogP contribution in [0.25, 0.3) is 0 Å². The lowest BCUT2D eigenvalue weighted by Crippen LogP contribution is -2.33. The molecule has 0 aliphatic carbocycles. The Morgan fingerprint density at radius 2 is 2.35 bits per heavy atom. The predicted molar refractivity (Wildman–Crippen MR) is 72.8 cm³/mol. The Labute approximate surface area is 107 Å². The standard InChI is InChI=1S/C14H19NOS/c1-14(6-8-17-10-14)16-13-4-2-3-11-5-7-15-9-12(11)13/h2-4,15H,5-10H2,1H3. The van der Waals surface area contributed by atoms with E-state index >= 15 is 0 Å². The summed E-state index contributed by atoms with van der Waals surface area (Å²) in [6, 6.07) is 6.49. The summed E-state index contributed by atoms with van der Waals surface area (Å²) in [5.41, 5.74) is 2.87. The minimum absolute atomic E-state index is 0.0389. The Balaban J connectivity index is 1.87. The summed E-state index contributed by atoms with van der Waals surface area (Å²) in [4.78, 5) is 0. The van der Waals surface area contributed by atoms with Gasteiger partial charge in [-0.15, -0.1) is 0 Å². The predicted octanol–water partition coefficient (Wildman–Crippen LogP) is 2.61. The highest BCUT2D eigenvalue weighted by Crippen LogP contribution is 2.35. The Kier molecular flexibility index (Phi) is 3.05.